The minimum atomic E-state index is -0.781. The van der Waals surface area contributed by atoms with E-state index in [-0.39, 0.29) is 31.1 Å². The molecule has 1 unspecified atom stereocenters. The van der Waals surface area contributed by atoms with Gasteiger partial charge in [-0.25, -0.2) is 0 Å². The van der Waals surface area contributed by atoms with Crippen LogP contribution in [-0.4, -0.2) is 37.2 Å². The number of allylic oxidation sites excluding steroid dienone is 10. The van der Waals surface area contributed by atoms with Crippen molar-refractivity contribution < 1.29 is 28.6 Å². The molecule has 0 heterocycles. The molecule has 1 atom stereocenters. The molecule has 0 aromatic heterocycles. The first-order valence-electron chi connectivity index (χ1n) is 36.8. The van der Waals surface area contributed by atoms with Crippen molar-refractivity contribution >= 4 is 17.9 Å². The summed E-state index contributed by atoms with van der Waals surface area (Å²) < 4.78 is 17.0. The van der Waals surface area contributed by atoms with E-state index in [1.165, 1.54) is 270 Å². The molecule has 0 spiro atoms. The lowest BCUT2D eigenvalue weighted by atomic mass is 10.0. The number of rotatable bonds is 68. The number of esters is 3. The Balaban J connectivity index is 4.31. The summed E-state index contributed by atoms with van der Waals surface area (Å²) in [4.78, 5) is 38.5. The molecule has 6 nitrogen and oxygen atoms in total. The minimum Gasteiger partial charge on any atom is -0.462 e. The van der Waals surface area contributed by atoms with Crippen molar-refractivity contribution in [2.45, 2.75) is 399 Å². The fourth-order valence-corrected chi connectivity index (χ4v) is 11.0. The number of hydrogen-bond acceptors (Lipinski definition) is 6. The van der Waals surface area contributed by atoms with Gasteiger partial charge in [0.15, 0.2) is 6.10 Å². The van der Waals surface area contributed by atoms with Gasteiger partial charge >= 0.3 is 17.9 Å². The van der Waals surface area contributed by atoms with Gasteiger partial charge in [0.2, 0.25) is 0 Å². The van der Waals surface area contributed by atoms with Crippen molar-refractivity contribution in [3.8, 4) is 0 Å². The van der Waals surface area contributed by atoms with E-state index in [1.54, 1.807) is 0 Å². The van der Waals surface area contributed by atoms with Crippen LogP contribution in [0.1, 0.15) is 393 Å². The largest absolute Gasteiger partial charge is 0.462 e. The second-order valence-electron chi connectivity index (χ2n) is 24.9. The molecule has 0 fully saturated rings. The van der Waals surface area contributed by atoms with Crippen LogP contribution in [0.4, 0.5) is 0 Å². The Labute approximate surface area is 517 Å². The monoisotopic (exact) mass is 1160 g/mol. The lowest BCUT2D eigenvalue weighted by Gasteiger charge is -2.18. The van der Waals surface area contributed by atoms with Crippen LogP contribution in [0.25, 0.3) is 0 Å². The first kappa shape index (κ1) is 80.1. The third-order valence-electron chi connectivity index (χ3n) is 16.5. The third-order valence-corrected chi connectivity index (χ3v) is 16.5. The average molecular weight is 1160 g/mol. The smallest absolute Gasteiger partial charge is 0.306 e. The number of ether oxygens (including phenoxy) is 3. The Bertz CT molecular complexity index is 1470. The van der Waals surface area contributed by atoms with E-state index < -0.39 is 6.10 Å². The summed E-state index contributed by atoms with van der Waals surface area (Å²) in [7, 11) is 0. The molecule has 0 N–H and O–H groups in total. The lowest BCUT2D eigenvalue weighted by Crippen LogP contribution is -2.30. The van der Waals surface area contributed by atoms with Crippen LogP contribution in [0.3, 0.4) is 0 Å². The minimum absolute atomic E-state index is 0.0749. The maximum Gasteiger partial charge on any atom is 0.306 e. The highest BCUT2D eigenvalue weighted by Crippen LogP contribution is 2.18. The van der Waals surface area contributed by atoms with E-state index in [0.717, 1.165) is 83.5 Å². The summed E-state index contributed by atoms with van der Waals surface area (Å²) >= 11 is 0. The van der Waals surface area contributed by atoms with Gasteiger partial charge in [-0.15, -0.1) is 0 Å². The zero-order valence-corrected chi connectivity index (χ0v) is 55.7. The highest BCUT2D eigenvalue weighted by atomic mass is 16.6. The topological polar surface area (TPSA) is 78.9 Å². The maximum absolute atomic E-state index is 13.0. The van der Waals surface area contributed by atoms with Crippen molar-refractivity contribution in [2.75, 3.05) is 13.2 Å². The van der Waals surface area contributed by atoms with Crippen molar-refractivity contribution in [3.63, 3.8) is 0 Å². The van der Waals surface area contributed by atoms with Gasteiger partial charge in [-0.1, -0.05) is 345 Å². The summed E-state index contributed by atoms with van der Waals surface area (Å²) in [6, 6.07) is 0. The third kappa shape index (κ3) is 69.8. The van der Waals surface area contributed by atoms with Crippen LogP contribution in [0.15, 0.2) is 60.8 Å². The van der Waals surface area contributed by atoms with E-state index in [4.69, 9.17) is 14.2 Å². The van der Waals surface area contributed by atoms with Gasteiger partial charge in [0.25, 0.3) is 0 Å². The first-order chi connectivity index (χ1) is 41.0. The van der Waals surface area contributed by atoms with Crippen LogP contribution in [-0.2, 0) is 28.6 Å². The van der Waals surface area contributed by atoms with E-state index in [2.05, 4.69) is 81.5 Å². The fourth-order valence-electron chi connectivity index (χ4n) is 11.0. The van der Waals surface area contributed by atoms with E-state index in [1.807, 2.05) is 0 Å². The second-order valence-corrected chi connectivity index (χ2v) is 24.9. The molecule has 6 heteroatoms. The Morgan fingerprint density at radius 2 is 0.434 bits per heavy atom. The van der Waals surface area contributed by atoms with Crippen molar-refractivity contribution in [3.05, 3.63) is 60.8 Å². The number of unbranched alkanes of at least 4 members (excludes halogenated alkanes) is 47. The van der Waals surface area contributed by atoms with Gasteiger partial charge < -0.3 is 14.2 Å². The molecule has 484 valence electrons. The summed E-state index contributed by atoms with van der Waals surface area (Å²) in [5, 5.41) is 0. The molecule has 0 bridgehead atoms. The molecule has 0 saturated carbocycles. The molecule has 0 radical (unpaired) electrons. The van der Waals surface area contributed by atoms with Crippen LogP contribution in [0, 0.1) is 0 Å². The van der Waals surface area contributed by atoms with Crippen LogP contribution < -0.4 is 0 Å². The van der Waals surface area contributed by atoms with Crippen LogP contribution >= 0.6 is 0 Å². The molecule has 0 saturated heterocycles. The Morgan fingerprint density at radius 3 is 0.675 bits per heavy atom. The molecule has 0 aliphatic heterocycles. The molecule has 0 aliphatic rings. The average Bonchev–Trinajstić information content (AvgIpc) is 3.50. The zero-order chi connectivity index (χ0) is 59.9. The Morgan fingerprint density at radius 1 is 0.241 bits per heavy atom. The van der Waals surface area contributed by atoms with E-state index in [0.29, 0.717) is 19.3 Å². The normalized spacial score (nSPS) is 12.4. The fraction of sp³-hybridized carbons (Fsp3) is 0.831. The second kappa shape index (κ2) is 71.6. The highest BCUT2D eigenvalue weighted by Gasteiger charge is 2.19. The SMILES string of the molecule is CCCCCCC/C=C\C/C=C\C/C=C\CCCCCCCCC(=O)OC(COC(=O)CCCCCCCCCCCCCCCCC/C=C\C/C=C\CCCCCCC)COC(=O)CCCCCCCCCCCCCCCCCCC. The van der Waals surface area contributed by atoms with Crippen LogP contribution in [0.2, 0.25) is 0 Å². The molecule has 0 rings (SSSR count). The van der Waals surface area contributed by atoms with Crippen LogP contribution in [0.5, 0.6) is 0 Å². The molecular formula is C77H140O6. The zero-order valence-electron chi connectivity index (χ0n) is 55.7. The maximum atomic E-state index is 13.0. The molecule has 0 aliphatic carbocycles. The Kier molecular flexibility index (Phi) is 69.1. The van der Waals surface area contributed by atoms with Gasteiger partial charge in [0.05, 0.1) is 0 Å². The summed E-state index contributed by atoms with van der Waals surface area (Å²) in [5.41, 5.74) is 0. The number of carbonyl (C=O) groups excluding carboxylic acids is 3. The summed E-state index contributed by atoms with van der Waals surface area (Å²) in [5.74, 6) is -0.860. The van der Waals surface area contributed by atoms with Crippen molar-refractivity contribution in [1.82, 2.24) is 0 Å². The molecule has 0 aromatic carbocycles. The molecular weight excluding hydrogens is 1020 g/mol. The quantitative estimate of drug-likeness (QED) is 0.0261. The van der Waals surface area contributed by atoms with Gasteiger partial charge in [0.1, 0.15) is 13.2 Å². The van der Waals surface area contributed by atoms with Gasteiger partial charge in [-0.2, -0.15) is 0 Å². The van der Waals surface area contributed by atoms with E-state index in [9.17, 15) is 14.4 Å². The molecule has 0 aromatic rings. The van der Waals surface area contributed by atoms with Gasteiger partial charge in [0, 0.05) is 19.3 Å². The predicted octanol–water partition coefficient (Wildman–Crippen LogP) is 25.5. The number of carbonyl (C=O) groups is 3. The highest BCUT2D eigenvalue weighted by molar-refractivity contribution is 5.71. The van der Waals surface area contributed by atoms with Gasteiger partial charge in [-0.05, 0) is 89.9 Å². The molecule has 83 heavy (non-hydrogen) atoms. The van der Waals surface area contributed by atoms with Crippen molar-refractivity contribution in [2.24, 2.45) is 0 Å². The first-order valence-corrected chi connectivity index (χ1v) is 36.8. The summed E-state index contributed by atoms with van der Waals surface area (Å²) in [6.45, 7) is 6.68. The summed E-state index contributed by atoms with van der Waals surface area (Å²) in [6.07, 6.45) is 92.5. The lowest BCUT2D eigenvalue weighted by molar-refractivity contribution is -0.167. The standard InChI is InChI=1S/C77H140O6/c1-4-7-10-13-16-19-22-25-28-31-33-35-36-37-38-39-40-42-43-46-49-52-55-58-61-64-67-70-76(79)82-73-74(72-81-75(78)69-66-63-60-57-54-51-48-45-30-27-24-21-18-15-12-9-6-3)83-77(80)71-68-65-62-59-56-53-50-47-44-41-34-32-29-26-23-20-17-14-11-8-5-2/h22-23,25-26,31-34,44,47,74H,4-21,24,27-30,35-43,45-46,48-73H2,1-3H3/b25-22-,26-23-,33-31-,34-32-,47-44-. The predicted molar refractivity (Wildman–Crippen MR) is 362 cm³/mol. The molecule has 0 amide bonds. The van der Waals surface area contributed by atoms with E-state index >= 15 is 0 Å². The van der Waals surface area contributed by atoms with Crippen molar-refractivity contribution in [1.29, 1.82) is 0 Å². The number of hydrogen-bond donors (Lipinski definition) is 0. The van der Waals surface area contributed by atoms with Gasteiger partial charge in [-0.3, -0.25) is 14.4 Å². The Hall–Kier alpha value is -2.89.